The lowest BCUT2D eigenvalue weighted by Crippen LogP contribution is -2.47. The molecule has 3 atom stereocenters. The van der Waals surface area contributed by atoms with E-state index in [4.69, 9.17) is 9.47 Å². The van der Waals surface area contributed by atoms with Crippen LogP contribution in [0.5, 0.6) is 5.75 Å². The van der Waals surface area contributed by atoms with Crippen LogP contribution in [0.25, 0.3) is 0 Å². The molecule has 0 aliphatic carbocycles. The summed E-state index contributed by atoms with van der Waals surface area (Å²) in [5.41, 5.74) is 1.08. The first-order valence-electron chi connectivity index (χ1n) is 9.01. The summed E-state index contributed by atoms with van der Waals surface area (Å²) in [6, 6.07) is 7.77. The zero-order chi connectivity index (χ0) is 17.4. The standard InChI is InChI=1S/C19H23NO5/c21-18(16-11-13-3-1-2-4-15(13)25-16)20-8-5-12(6-9-20)17-14(19(22)23)7-10-24-17/h1-4,12,14,16-17H,5-11H2,(H,22,23)/t14-,16-,17+/m1/s1. The van der Waals surface area contributed by atoms with Crippen LogP contribution >= 0.6 is 0 Å². The molecule has 0 spiro atoms. The van der Waals surface area contributed by atoms with Crippen molar-refractivity contribution in [2.24, 2.45) is 11.8 Å². The molecule has 2 fully saturated rings. The average molecular weight is 345 g/mol. The highest BCUT2D eigenvalue weighted by Crippen LogP contribution is 2.34. The third-order valence-electron chi connectivity index (χ3n) is 5.69. The zero-order valence-electron chi connectivity index (χ0n) is 14.1. The number of carboxylic acids is 1. The highest BCUT2D eigenvalue weighted by Gasteiger charge is 2.41. The van der Waals surface area contributed by atoms with E-state index in [9.17, 15) is 14.7 Å². The van der Waals surface area contributed by atoms with Gasteiger partial charge in [0.1, 0.15) is 5.75 Å². The molecule has 1 amide bonds. The molecular formula is C19H23NO5. The van der Waals surface area contributed by atoms with E-state index in [1.807, 2.05) is 29.2 Å². The van der Waals surface area contributed by atoms with Crippen LogP contribution in [0.15, 0.2) is 24.3 Å². The highest BCUT2D eigenvalue weighted by molar-refractivity contribution is 5.82. The van der Waals surface area contributed by atoms with E-state index in [2.05, 4.69) is 0 Å². The molecule has 0 aromatic heterocycles. The Morgan fingerprint density at radius 3 is 2.60 bits per heavy atom. The molecule has 1 aromatic rings. The predicted octanol–water partition coefficient (Wildman–Crippen LogP) is 1.72. The quantitative estimate of drug-likeness (QED) is 0.903. The van der Waals surface area contributed by atoms with Crippen molar-refractivity contribution >= 4 is 11.9 Å². The van der Waals surface area contributed by atoms with E-state index in [0.29, 0.717) is 32.5 Å². The average Bonchev–Trinajstić information content (AvgIpc) is 3.28. The van der Waals surface area contributed by atoms with Crippen LogP contribution in [0.1, 0.15) is 24.8 Å². The third-order valence-corrected chi connectivity index (χ3v) is 5.69. The Bertz CT molecular complexity index is 643. The minimum absolute atomic E-state index is 0.0387. The summed E-state index contributed by atoms with van der Waals surface area (Å²) in [7, 11) is 0. The minimum Gasteiger partial charge on any atom is -0.481 e. The fourth-order valence-electron chi connectivity index (χ4n) is 4.31. The topological polar surface area (TPSA) is 76.1 Å². The van der Waals surface area contributed by atoms with Crippen LogP contribution in [0.2, 0.25) is 0 Å². The number of ether oxygens (including phenoxy) is 2. The number of hydrogen-bond acceptors (Lipinski definition) is 4. The van der Waals surface area contributed by atoms with Gasteiger partial charge in [-0.1, -0.05) is 18.2 Å². The SMILES string of the molecule is O=C(O)[C@@H]1CCO[C@H]1C1CCN(C(=O)[C@H]2Cc3ccccc3O2)CC1. The molecule has 3 heterocycles. The molecular weight excluding hydrogens is 322 g/mol. The van der Waals surface area contributed by atoms with Gasteiger partial charge in [-0.25, -0.2) is 0 Å². The van der Waals surface area contributed by atoms with E-state index in [-0.39, 0.29) is 17.9 Å². The summed E-state index contributed by atoms with van der Waals surface area (Å²) >= 11 is 0. The monoisotopic (exact) mass is 345 g/mol. The Hall–Kier alpha value is -2.08. The van der Waals surface area contributed by atoms with E-state index >= 15 is 0 Å². The van der Waals surface area contributed by atoms with Crippen LogP contribution in [0.4, 0.5) is 0 Å². The molecule has 0 bridgehead atoms. The van der Waals surface area contributed by atoms with Crippen molar-refractivity contribution in [2.45, 2.75) is 37.9 Å². The van der Waals surface area contributed by atoms with Crippen molar-refractivity contribution < 1.29 is 24.2 Å². The number of piperidine rings is 1. The number of nitrogens with zero attached hydrogens (tertiary/aromatic N) is 1. The molecule has 4 rings (SSSR count). The molecule has 1 N–H and O–H groups in total. The van der Waals surface area contributed by atoms with E-state index in [0.717, 1.165) is 24.2 Å². The van der Waals surface area contributed by atoms with Gasteiger partial charge in [-0.3, -0.25) is 9.59 Å². The van der Waals surface area contributed by atoms with E-state index in [1.165, 1.54) is 0 Å². The van der Waals surface area contributed by atoms with Crippen LogP contribution in [0, 0.1) is 11.8 Å². The number of carboxylic acid groups (broad SMARTS) is 1. The van der Waals surface area contributed by atoms with Crippen molar-refractivity contribution in [1.82, 2.24) is 4.90 Å². The zero-order valence-corrected chi connectivity index (χ0v) is 14.1. The lowest BCUT2D eigenvalue weighted by Gasteiger charge is -2.36. The molecule has 3 aliphatic rings. The van der Waals surface area contributed by atoms with Gasteiger partial charge in [0.2, 0.25) is 0 Å². The summed E-state index contributed by atoms with van der Waals surface area (Å²) in [6.45, 7) is 1.81. The summed E-state index contributed by atoms with van der Waals surface area (Å²) in [6.07, 6.45) is 2.17. The normalized spacial score (nSPS) is 29.3. The van der Waals surface area contributed by atoms with Crippen LogP contribution < -0.4 is 4.74 Å². The summed E-state index contributed by atoms with van der Waals surface area (Å²) in [5.74, 6) is -0.108. The Kier molecular flexibility index (Phi) is 4.37. The fourth-order valence-corrected chi connectivity index (χ4v) is 4.31. The van der Waals surface area contributed by atoms with Gasteiger partial charge in [0.05, 0.1) is 12.0 Å². The number of benzene rings is 1. The Labute approximate surface area is 146 Å². The lowest BCUT2D eigenvalue weighted by molar-refractivity contribution is -0.146. The first kappa shape index (κ1) is 16.4. The van der Waals surface area contributed by atoms with Crippen molar-refractivity contribution in [3.05, 3.63) is 29.8 Å². The number of carbonyl (C=O) groups is 2. The number of hydrogen-bond donors (Lipinski definition) is 1. The predicted molar refractivity (Wildman–Crippen MR) is 89.3 cm³/mol. The van der Waals surface area contributed by atoms with Gasteiger partial charge in [0.15, 0.2) is 6.10 Å². The molecule has 2 saturated heterocycles. The van der Waals surface area contributed by atoms with E-state index < -0.39 is 18.0 Å². The van der Waals surface area contributed by atoms with Gasteiger partial charge in [-0.05, 0) is 36.8 Å². The number of amides is 1. The summed E-state index contributed by atoms with van der Waals surface area (Å²) < 4.78 is 11.5. The number of para-hydroxylation sites is 1. The molecule has 25 heavy (non-hydrogen) atoms. The van der Waals surface area contributed by atoms with Gasteiger partial charge in [0.25, 0.3) is 5.91 Å². The number of fused-ring (bicyclic) bond motifs is 1. The molecule has 134 valence electrons. The van der Waals surface area contributed by atoms with Gasteiger partial charge >= 0.3 is 5.97 Å². The Morgan fingerprint density at radius 2 is 1.88 bits per heavy atom. The van der Waals surface area contributed by atoms with Crippen LogP contribution in [-0.2, 0) is 20.7 Å². The molecule has 1 aromatic carbocycles. The van der Waals surface area contributed by atoms with Gasteiger partial charge in [-0.15, -0.1) is 0 Å². The minimum atomic E-state index is -0.766. The number of carbonyl (C=O) groups excluding carboxylic acids is 1. The lowest BCUT2D eigenvalue weighted by atomic mass is 9.84. The molecule has 6 nitrogen and oxygen atoms in total. The first-order valence-corrected chi connectivity index (χ1v) is 9.01. The maximum absolute atomic E-state index is 12.7. The fraction of sp³-hybridized carbons (Fsp3) is 0.579. The van der Waals surface area contributed by atoms with Crippen LogP contribution in [-0.4, -0.2) is 53.8 Å². The van der Waals surface area contributed by atoms with Crippen LogP contribution in [0.3, 0.4) is 0 Å². The molecule has 0 saturated carbocycles. The number of rotatable bonds is 3. The summed E-state index contributed by atoms with van der Waals surface area (Å²) in [5, 5.41) is 9.32. The second kappa shape index (κ2) is 6.67. The second-order valence-corrected chi connectivity index (χ2v) is 7.15. The van der Waals surface area contributed by atoms with Gasteiger partial charge in [0, 0.05) is 26.1 Å². The first-order chi connectivity index (χ1) is 12.1. The second-order valence-electron chi connectivity index (χ2n) is 7.15. The van der Waals surface area contributed by atoms with Crippen molar-refractivity contribution in [3.8, 4) is 5.75 Å². The molecule has 0 unspecified atom stereocenters. The van der Waals surface area contributed by atoms with Gasteiger partial charge in [-0.2, -0.15) is 0 Å². The maximum atomic E-state index is 12.7. The van der Waals surface area contributed by atoms with Crippen molar-refractivity contribution in [3.63, 3.8) is 0 Å². The number of likely N-dealkylation sites (tertiary alicyclic amines) is 1. The Morgan fingerprint density at radius 1 is 1.12 bits per heavy atom. The summed E-state index contributed by atoms with van der Waals surface area (Å²) in [4.78, 5) is 26.0. The molecule has 3 aliphatic heterocycles. The number of aliphatic carboxylic acids is 1. The Balaban J connectivity index is 1.33. The maximum Gasteiger partial charge on any atom is 0.309 e. The molecule has 6 heteroatoms. The van der Waals surface area contributed by atoms with Gasteiger partial charge < -0.3 is 19.5 Å². The third kappa shape index (κ3) is 3.11. The van der Waals surface area contributed by atoms with Crippen molar-refractivity contribution in [2.75, 3.05) is 19.7 Å². The highest BCUT2D eigenvalue weighted by atomic mass is 16.5. The molecule has 0 radical (unpaired) electrons. The van der Waals surface area contributed by atoms with Crippen molar-refractivity contribution in [1.29, 1.82) is 0 Å². The largest absolute Gasteiger partial charge is 0.481 e. The van der Waals surface area contributed by atoms with E-state index in [1.54, 1.807) is 0 Å². The smallest absolute Gasteiger partial charge is 0.309 e.